The van der Waals surface area contributed by atoms with Crippen LogP contribution in [0.1, 0.15) is 0 Å². The summed E-state index contributed by atoms with van der Waals surface area (Å²) < 4.78 is 0. The molecule has 110 valence electrons. The van der Waals surface area contributed by atoms with Gasteiger partial charge in [0, 0.05) is 14.7 Å². The van der Waals surface area contributed by atoms with Gasteiger partial charge in [-0.3, -0.25) is 0 Å². The minimum absolute atomic E-state index is 0.641. The molecule has 0 aliphatic heterocycles. The summed E-state index contributed by atoms with van der Waals surface area (Å²) in [5.74, 6) is 0. The average Bonchev–Trinajstić information content (AvgIpc) is 2.48. The maximum atomic E-state index is 4.49. The molecule has 0 spiro atoms. The lowest BCUT2D eigenvalue weighted by molar-refractivity contribution is 1.49. The van der Waals surface area contributed by atoms with E-state index in [9.17, 15) is 0 Å². The summed E-state index contributed by atoms with van der Waals surface area (Å²) in [6, 6.07) is 25.1. The molecule has 4 heteroatoms. The second kappa shape index (κ2) is 7.14. The molecule has 0 nitrogen and oxygen atoms in total. The lowest BCUT2D eigenvalue weighted by atomic mass is 10.3. The summed E-state index contributed by atoms with van der Waals surface area (Å²) in [5, 5.41) is 3.83. The molecule has 0 fully saturated rings. The molecule has 0 aliphatic rings. The molecule has 0 radical (unpaired) electrons. The summed E-state index contributed by atoms with van der Waals surface area (Å²) in [6.45, 7) is 0. The van der Waals surface area contributed by atoms with Crippen molar-refractivity contribution in [1.29, 1.82) is 0 Å². The van der Waals surface area contributed by atoms with E-state index in [2.05, 4.69) is 92.5 Å². The normalized spacial score (nSPS) is 10.9. The summed E-state index contributed by atoms with van der Waals surface area (Å²) in [4.78, 5) is 2.94. The van der Waals surface area contributed by atoms with E-state index in [-0.39, 0.29) is 0 Å². The minimum atomic E-state index is -0.641. The van der Waals surface area contributed by atoms with Crippen LogP contribution in [-0.2, 0) is 0 Å². The van der Waals surface area contributed by atoms with Crippen LogP contribution < -0.4 is 15.9 Å². The van der Waals surface area contributed by atoms with Crippen LogP contribution in [0.4, 0.5) is 0 Å². The van der Waals surface area contributed by atoms with E-state index < -0.39 is 7.92 Å². The predicted octanol–water partition coefficient (Wildman–Crippen LogP) is 4.31. The first-order chi connectivity index (χ1) is 10.6. The highest BCUT2D eigenvalue weighted by atomic mass is 32.1. The van der Waals surface area contributed by atoms with Crippen LogP contribution in [0.3, 0.4) is 0 Å². The van der Waals surface area contributed by atoms with Gasteiger partial charge in [-0.05, 0) is 60.2 Å². The van der Waals surface area contributed by atoms with Crippen LogP contribution in [0.5, 0.6) is 0 Å². The van der Waals surface area contributed by atoms with Gasteiger partial charge in [0.15, 0.2) is 0 Å². The standard InChI is InChI=1S/C18H15PS3/c20-16-7-1-4-13(10-16)19(14-5-2-8-17(21)11-14)15-6-3-9-18(22)12-15/h1-12,20-22H. The zero-order chi connectivity index (χ0) is 15.5. The smallest absolute Gasteiger partial charge is 0.00465 e. The van der Waals surface area contributed by atoms with Gasteiger partial charge in [-0.25, -0.2) is 0 Å². The molecule has 0 saturated heterocycles. The summed E-state index contributed by atoms with van der Waals surface area (Å²) in [7, 11) is -0.641. The first kappa shape index (κ1) is 16.0. The fourth-order valence-corrected chi connectivity index (χ4v) is 5.73. The van der Waals surface area contributed by atoms with Gasteiger partial charge in [-0.1, -0.05) is 36.4 Å². The highest BCUT2D eigenvalue weighted by Crippen LogP contribution is 2.34. The SMILES string of the molecule is Sc1cccc(P(c2cccc(S)c2)c2cccc(S)c2)c1. The van der Waals surface area contributed by atoms with Crippen LogP contribution >= 0.6 is 45.8 Å². The third-order valence-electron chi connectivity index (χ3n) is 3.26. The number of rotatable bonds is 3. The van der Waals surface area contributed by atoms with Crippen LogP contribution in [0, 0.1) is 0 Å². The summed E-state index contributed by atoms with van der Waals surface area (Å²) >= 11 is 13.5. The van der Waals surface area contributed by atoms with Gasteiger partial charge in [-0.15, -0.1) is 37.9 Å². The lowest BCUT2D eigenvalue weighted by Crippen LogP contribution is -2.20. The molecule has 22 heavy (non-hydrogen) atoms. The Morgan fingerprint density at radius 1 is 0.500 bits per heavy atom. The zero-order valence-corrected chi connectivity index (χ0v) is 15.3. The molecule has 0 amide bonds. The van der Waals surface area contributed by atoms with E-state index in [1.807, 2.05) is 18.2 Å². The Balaban J connectivity index is 2.18. The molecule has 0 aliphatic carbocycles. The fourth-order valence-electron chi connectivity index (χ4n) is 2.34. The van der Waals surface area contributed by atoms with E-state index in [1.165, 1.54) is 15.9 Å². The van der Waals surface area contributed by atoms with Crippen molar-refractivity contribution in [3.63, 3.8) is 0 Å². The minimum Gasteiger partial charge on any atom is -0.143 e. The Morgan fingerprint density at radius 3 is 1.09 bits per heavy atom. The van der Waals surface area contributed by atoms with E-state index in [0.29, 0.717) is 0 Å². The van der Waals surface area contributed by atoms with Crippen molar-refractivity contribution >= 4 is 61.7 Å². The molecule has 0 unspecified atom stereocenters. The highest BCUT2D eigenvalue weighted by molar-refractivity contribution is 7.82. The maximum Gasteiger partial charge on any atom is 0.00465 e. The van der Waals surface area contributed by atoms with Gasteiger partial charge in [0.1, 0.15) is 0 Å². The number of benzene rings is 3. The molecule has 0 saturated carbocycles. The molecule has 3 rings (SSSR count). The molecule has 3 aromatic carbocycles. The Kier molecular flexibility index (Phi) is 5.20. The van der Waals surface area contributed by atoms with Gasteiger partial charge < -0.3 is 0 Å². The van der Waals surface area contributed by atoms with E-state index in [4.69, 9.17) is 0 Å². The van der Waals surface area contributed by atoms with Crippen molar-refractivity contribution in [2.75, 3.05) is 0 Å². The third-order valence-corrected chi connectivity index (χ3v) is 6.48. The molecule has 0 bridgehead atoms. The van der Waals surface area contributed by atoms with E-state index >= 15 is 0 Å². The van der Waals surface area contributed by atoms with Gasteiger partial charge in [0.2, 0.25) is 0 Å². The quantitative estimate of drug-likeness (QED) is 0.451. The average molecular weight is 358 g/mol. The molecular weight excluding hydrogens is 343 g/mol. The van der Waals surface area contributed by atoms with Crippen LogP contribution in [0.25, 0.3) is 0 Å². The van der Waals surface area contributed by atoms with Crippen molar-refractivity contribution < 1.29 is 0 Å². The molecule has 0 heterocycles. The van der Waals surface area contributed by atoms with E-state index in [1.54, 1.807) is 0 Å². The first-order valence-corrected chi connectivity index (χ1v) is 9.49. The van der Waals surface area contributed by atoms with Crippen molar-refractivity contribution in [3.8, 4) is 0 Å². The molecular formula is C18H15PS3. The largest absolute Gasteiger partial charge is 0.143 e. The van der Waals surface area contributed by atoms with Crippen molar-refractivity contribution in [3.05, 3.63) is 72.8 Å². The zero-order valence-electron chi connectivity index (χ0n) is 11.7. The summed E-state index contributed by atoms with van der Waals surface area (Å²) in [5.41, 5.74) is 0. The predicted molar refractivity (Wildman–Crippen MR) is 107 cm³/mol. The van der Waals surface area contributed by atoms with Gasteiger partial charge in [0.05, 0.1) is 0 Å². The summed E-state index contributed by atoms with van der Waals surface area (Å²) in [6.07, 6.45) is 0. The second-order valence-corrected chi connectivity index (χ2v) is 8.66. The monoisotopic (exact) mass is 358 g/mol. The van der Waals surface area contributed by atoms with Gasteiger partial charge in [0.25, 0.3) is 0 Å². The van der Waals surface area contributed by atoms with Crippen LogP contribution in [0.15, 0.2) is 87.5 Å². The number of thiol groups is 3. The van der Waals surface area contributed by atoms with Crippen LogP contribution in [-0.4, -0.2) is 0 Å². The lowest BCUT2D eigenvalue weighted by Gasteiger charge is -2.20. The Labute approximate surface area is 149 Å². The third kappa shape index (κ3) is 3.72. The fraction of sp³-hybridized carbons (Fsp3) is 0. The van der Waals surface area contributed by atoms with Crippen molar-refractivity contribution in [1.82, 2.24) is 0 Å². The Bertz CT molecular complexity index is 693. The van der Waals surface area contributed by atoms with E-state index in [0.717, 1.165) is 14.7 Å². The van der Waals surface area contributed by atoms with Crippen molar-refractivity contribution in [2.45, 2.75) is 14.7 Å². The van der Waals surface area contributed by atoms with Crippen LogP contribution in [0.2, 0.25) is 0 Å². The molecule has 0 atom stereocenters. The topological polar surface area (TPSA) is 0 Å². The number of hydrogen-bond donors (Lipinski definition) is 3. The van der Waals surface area contributed by atoms with Gasteiger partial charge >= 0.3 is 0 Å². The second-order valence-electron chi connectivity index (χ2n) is 4.89. The Hall–Kier alpha value is -0.860. The molecule has 0 aromatic heterocycles. The molecule has 0 N–H and O–H groups in total. The molecule has 3 aromatic rings. The van der Waals surface area contributed by atoms with Crippen molar-refractivity contribution in [2.24, 2.45) is 0 Å². The highest BCUT2D eigenvalue weighted by Gasteiger charge is 2.17. The first-order valence-electron chi connectivity index (χ1n) is 6.81. The maximum absolute atomic E-state index is 4.49. The van der Waals surface area contributed by atoms with Gasteiger partial charge in [-0.2, -0.15) is 0 Å². The number of hydrogen-bond acceptors (Lipinski definition) is 3. The Morgan fingerprint density at radius 2 is 0.818 bits per heavy atom.